The Kier molecular flexibility index (Phi) is 4.57. The highest BCUT2D eigenvalue weighted by Crippen LogP contribution is 2.24. The number of amides is 1. The number of benzene rings is 1. The van der Waals surface area contributed by atoms with E-state index in [4.69, 9.17) is 4.74 Å². The molecule has 1 fully saturated rings. The zero-order chi connectivity index (χ0) is 15.6. The molecule has 1 aliphatic heterocycles. The van der Waals surface area contributed by atoms with Crippen molar-refractivity contribution < 1.29 is 9.53 Å². The second kappa shape index (κ2) is 6.06. The second-order valence-electron chi connectivity index (χ2n) is 6.87. The number of hydrogen-bond donors (Lipinski definition) is 0. The van der Waals surface area contributed by atoms with Gasteiger partial charge in [0.2, 0.25) is 0 Å². The van der Waals surface area contributed by atoms with Crippen LogP contribution in [-0.4, -0.2) is 54.5 Å². The van der Waals surface area contributed by atoms with E-state index >= 15 is 0 Å². The normalized spacial score (nSPS) is 19.6. The number of hydrogen-bond acceptors (Lipinski definition) is 3. The Morgan fingerprint density at radius 2 is 2.05 bits per heavy atom. The molecular formula is C17H26N2O2. The number of rotatable bonds is 3. The van der Waals surface area contributed by atoms with Crippen LogP contribution in [0.2, 0.25) is 0 Å². The number of nitrogens with zero attached hydrogens (tertiary/aromatic N) is 2. The van der Waals surface area contributed by atoms with Crippen LogP contribution in [0.25, 0.3) is 0 Å². The van der Waals surface area contributed by atoms with Crippen molar-refractivity contribution in [1.82, 2.24) is 9.80 Å². The summed E-state index contributed by atoms with van der Waals surface area (Å²) < 4.78 is 6.06. The van der Waals surface area contributed by atoms with Gasteiger partial charge < -0.3 is 9.64 Å². The molecule has 2 rings (SSSR count). The molecule has 4 heteroatoms. The highest BCUT2D eigenvalue weighted by Gasteiger charge is 2.31. The predicted octanol–water partition coefficient (Wildman–Crippen LogP) is 2.64. The van der Waals surface area contributed by atoms with Crippen LogP contribution < -0.4 is 4.74 Å². The standard InChI is InChI=1S/C17H26N2O2/c1-17(2,3)19-10-9-15(12-19)21-14-8-6-7-13(11-14)16(20)18(4)5/h6-8,11,15H,9-10,12H2,1-5H3. The van der Waals surface area contributed by atoms with Crippen LogP contribution >= 0.6 is 0 Å². The zero-order valence-corrected chi connectivity index (χ0v) is 13.7. The average molecular weight is 290 g/mol. The van der Waals surface area contributed by atoms with Gasteiger partial charge in [0.1, 0.15) is 11.9 Å². The zero-order valence-electron chi connectivity index (χ0n) is 13.7. The van der Waals surface area contributed by atoms with Crippen molar-refractivity contribution in [2.75, 3.05) is 27.2 Å². The summed E-state index contributed by atoms with van der Waals surface area (Å²) in [5.41, 5.74) is 0.851. The molecule has 0 radical (unpaired) electrons. The van der Waals surface area contributed by atoms with Crippen LogP contribution in [0.1, 0.15) is 37.6 Å². The van der Waals surface area contributed by atoms with Gasteiger partial charge in [0, 0.05) is 38.3 Å². The van der Waals surface area contributed by atoms with Gasteiger partial charge in [0.25, 0.3) is 5.91 Å². The number of ether oxygens (including phenoxy) is 1. The van der Waals surface area contributed by atoms with Crippen molar-refractivity contribution in [2.45, 2.75) is 38.8 Å². The monoisotopic (exact) mass is 290 g/mol. The summed E-state index contributed by atoms with van der Waals surface area (Å²) in [5, 5.41) is 0. The van der Waals surface area contributed by atoms with Crippen molar-refractivity contribution in [3.8, 4) is 5.75 Å². The van der Waals surface area contributed by atoms with Crippen molar-refractivity contribution in [3.63, 3.8) is 0 Å². The summed E-state index contributed by atoms with van der Waals surface area (Å²) in [6.45, 7) is 8.68. The first kappa shape index (κ1) is 15.8. The van der Waals surface area contributed by atoms with Crippen molar-refractivity contribution in [1.29, 1.82) is 0 Å². The Labute approximate surface area is 127 Å². The van der Waals surface area contributed by atoms with E-state index in [1.165, 1.54) is 0 Å². The maximum absolute atomic E-state index is 12.0. The molecule has 0 aliphatic carbocycles. The van der Waals surface area contributed by atoms with Gasteiger partial charge in [-0.1, -0.05) is 6.07 Å². The maximum atomic E-state index is 12.0. The minimum absolute atomic E-state index is 0.00295. The molecule has 0 spiro atoms. The van der Waals surface area contributed by atoms with E-state index in [1.807, 2.05) is 24.3 Å². The summed E-state index contributed by atoms with van der Waals surface area (Å²) in [6, 6.07) is 7.46. The lowest BCUT2D eigenvalue weighted by Gasteiger charge is -2.31. The number of carbonyl (C=O) groups is 1. The molecule has 0 aromatic heterocycles. The van der Waals surface area contributed by atoms with E-state index in [2.05, 4.69) is 25.7 Å². The fraction of sp³-hybridized carbons (Fsp3) is 0.588. The van der Waals surface area contributed by atoms with Gasteiger partial charge in [-0.25, -0.2) is 0 Å². The van der Waals surface area contributed by atoms with Crippen LogP contribution in [0, 0.1) is 0 Å². The predicted molar refractivity (Wildman–Crippen MR) is 84.8 cm³/mol. The third kappa shape index (κ3) is 3.97. The lowest BCUT2D eigenvalue weighted by atomic mass is 10.1. The molecule has 0 bridgehead atoms. The molecule has 1 saturated heterocycles. The fourth-order valence-electron chi connectivity index (χ4n) is 2.59. The molecule has 1 atom stereocenters. The Bertz CT molecular complexity index is 506. The summed E-state index contributed by atoms with van der Waals surface area (Å²) in [4.78, 5) is 16.0. The lowest BCUT2D eigenvalue weighted by Crippen LogP contribution is -2.40. The van der Waals surface area contributed by atoms with Crippen LogP contribution in [-0.2, 0) is 0 Å². The van der Waals surface area contributed by atoms with Crippen LogP contribution in [0.3, 0.4) is 0 Å². The molecule has 1 aliphatic rings. The molecule has 116 valence electrons. The quantitative estimate of drug-likeness (QED) is 0.858. The summed E-state index contributed by atoms with van der Waals surface area (Å²) >= 11 is 0. The van der Waals surface area contributed by atoms with Crippen molar-refractivity contribution >= 4 is 5.91 Å². The maximum Gasteiger partial charge on any atom is 0.253 e. The Balaban J connectivity index is 2.01. The molecule has 0 saturated carbocycles. The minimum Gasteiger partial charge on any atom is -0.489 e. The van der Waals surface area contributed by atoms with E-state index < -0.39 is 0 Å². The molecule has 4 nitrogen and oxygen atoms in total. The molecule has 0 N–H and O–H groups in total. The van der Waals surface area contributed by atoms with Crippen molar-refractivity contribution in [3.05, 3.63) is 29.8 Å². The van der Waals surface area contributed by atoms with Crippen LogP contribution in [0.15, 0.2) is 24.3 Å². The highest BCUT2D eigenvalue weighted by molar-refractivity contribution is 5.94. The van der Waals surface area contributed by atoms with E-state index in [0.717, 1.165) is 25.3 Å². The average Bonchev–Trinajstić information content (AvgIpc) is 2.86. The van der Waals surface area contributed by atoms with E-state index in [1.54, 1.807) is 19.0 Å². The molecule has 1 amide bonds. The first-order chi connectivity index (χ1) is 9.77. The Morgan fingerprint density at radius 3 is 2.62 bits per heavy atom. The molecular weight excluding hydrogens is 264 g/mol. The molecule has 1 unspecified atom stereocenters. The van der Waals surface area contributed by atoms with E-state index in [-0.39, 0.29) is 17.6 Å². The first-order valence-corrected chi connectivity index (χ1v) is 7.51. The highest BCUT2D eigenvalue weighted by atomic mass is 16.5. The summed E-state index contributed by atoms with van der Waals surface area (Å²) in [6.07, 6.45) is 1.23. The molecule has 21 heavy (non-hydrogen) atoms. The Hall–Kier alpha value is -1.55. The molecule has 1 aromatic rings. The van der Waals surface area contributed by atoms with E-state index in [9.17, 15) is 4.79 Å². The first-order valence-electron chi connectivity index (χ1n) is 7.51. The second-order valence-corrected chi connectivity index (χ2v) is 6.87. The van der Waals surface area contributed by atoms with Gasteiger partial charge in [0.05, 0.1) is 0 Å². The van der Waals surface area contributed by atoms with Crippen molar-refractivity contribution in [2.24, 2.45) is 0 Å². The third-order valence-corrected chi connectivity index (χ3v) is 3.88. The van der Waals surface area contributed by atoms with Crippen LogP contribution in [0.4, 0.5) is 0 Å². The summed E-state index contributed by atoms with van der Waals surface area (Å²) in [5.74, 6) is 0.784. The van der Waals surface area contributed by atoms with Gasteiger partial charge in [-0.15, -0.1) is 0 Å². The minimum atomic E-state index is 0.00295. The topological polar surface area (TPSA) is 32.8 Å². The number of carbonyl (C=O) groups excluding carboxylic acids is 1. The summed E-state index contributed by atoms with van der Waals surface area (Å²) in [7, 11) is 3.52. The van der Waals surface area contributed by atoms with E-state index in [0.29, 0.717) is 5.56 Å². The van der Waals surface area contributed by atoms with Gasteiger partial charge in [-0.3, -0.25) is 9.69 Å². The fourth-order valence-corrected chi connectivity index (χ4v) is 2.59. The van der Waals surface area contributed by atoms with Gasteiger partial charge in [0.15, 0.2) is 0 Å². The van der Waals surface area contributed by atoms with Gasteiger partial charge in [-0.2, -0.15) is 0 Å². The SMILES string of the molecule is CN(C)C(=O)c1cccc(OC2CCN(C(C)(C)C)C2)c1. The lowest BCUT2D eigenvalue weighted by molar-refractivity contribution is 0.0826. The third-order valence-electron chi connectivity index (χ3n) is 3.88. The van der Waals surface area contributed by atoms with Crippen LogP contribution in [0.5, 0.6) is 5.75 Å². The van der Waals surface area contributed by atoms with Gasteiger partial charge >= 0.3 is 0 Å². The number of likely N-dealkylation sites (tertiary alicyclic amines) is 1. The smallest absolute Gasteiger partial charge is 0.253 e. The largest absolute Gasteiger partial charge is 0.489 e. The van der Waals surface area contributed by atoms with Gasteiger partial charge in [-0.05, 0) is 45.4 Å². The molecule has 1 heterocycles. The Morgan fingerprint density at radius 1 is 1.33 bits per heavy atom. The molecule has 1 aromatic carbocycles.